The van der Waals surface area contributed by atoms with Crippen LogP contribution in [0.15, 0.2) is 24.3 Å². The van der Waals surface area contributed by atoms with E-state index in [1.165, 1.54) is 0 Å². The van der Waals surface area contributed by atoms with Crippen molar-refractivity contribution in [3.05, 3.63) is 24.3 Å². The van der Waals surface area contributed by atoms with Gasteiger partial charge in [-0.2, -0.15) is 0 Å². The summed E-state index contributed by atoms with van der Waals surface area (Å²) in [6, 6.07) is 7.29. The number of nitrogens with one attached hydrogen (secondary N) is 1. The Hall–Kier alpha value is -2.08. The number of nitrogens with zero attached hydrogens (tertiary/aromatic N) is 1. The third kappa shape index (κ3) is 5.56. The maximum Gasteiger partial charge on any atom is 0.257 e. The van der Waals surface area contributed by atoms with Gasteiger partial charge in [0.2, 0.25) is 5.91 Å². The molecular weight excluding hydrogens is 296 g/mol. The fraction of sp³-hybridized carbons (Fsp3) is 0.529. The molecule has 0 bridgehead atoms. The normalized spacial score (nSPS) is 14.1. The van der Waals surface area contributed by atoms with E-state index in [4.69, 9.17) is 9.47 Å². The summed E-state index contributed by atoms with van der Waals surface area (Å²) in [7, 11) is 0. The zero-order chi connectivity index (χ0) is 16.5. The van der Waals surface area contributed by atoms with Gasteiger partial charge in [-0.3, -0.25) is 9.59 Å². The van der Waals surface area contributed by atoms with E-state index in [-0.39, 0.29) is 18.4 Å². The van der Waals surface area contributed by atoms with Crippen molar-refractivity contribution >= 4 is 17.5 Å². The fourth-order valence-electron chi connectivity index (χ4n) is 2.41. The van der Waals surface area contributed by atoms with E-state index in [0.717, 1.165) is 25.1 Å². The molecule has 2 amide bonds. The molecule has 1 N–H and O–H groups in total. The first-order valence-electron chi connectivity index (χ1n) is 8.08. The number of hydrogen-bond acceptors (Lipinski definition) is 4. The zero-order valence-corrected chi connectivity index (χ0v) is 13.5. The first-order chi connectivity index (χ1) is 11.2. The molecule has 1 aliphatic rings. The number of benzene rings is 1. The van der Waals surface area contributed by atoms with Gasteiger partial charge in [0.25, 0.3) is 5.91 Å². The van der Waals surface area contributed by atoms with Gasteiger partial charge in [-0.05, 0) is 31.9 Å². The van der Waals surface area contributed by atoms with Crippen LogP contribution in [0, 0.1) is 0 Å². The van der Waals surface area contributed by atoms with Gasteiger partial charge in [-0.15, -0.1) is 0 Å². The maximum absolute atomic E-state index is 11.8. The van der Waals surface area contributed by atoms with Crippen molar-refractivity contribution in [2.75, 3.05) is 37.8 Å². The van der Waals surface area contributed by atoms with Crippen LogP contribution >= 0.6 is 0 Å². The summed E-state index contributed by atoms with van der Waals surface area (Å²) >= 11 is 0. The molecule has 0 spiro atoms. The summed E-state index contributed by atoms with van der Waals surface area (Å²) < 4.78 is 10.7. The van der Waals surface area contributed by atoms with Crippen LogP contribution in [0.2, 0.25) is 0 Å². The average Bonchev–Trinajstić information content (AvgIpc) is 2.99. The molecule has 1 aliphatic heterocycles. The number of ether oxygens (including phenoxy) is 2. The minimum Gasteiger partial charge on any atom is -0.484 e. The Morgan fingerprint density at radius 2 is 2.26 bits per heavy atom. The predicted molar refractivity (Wildman–Crippen MR) is 87.6 cm³/mol. The lowest BCUT2D eigenvalue weighted by Gasteiger charge is -2.16. The number of anilines is 1. The SMILES string of the molecule is CCOCCCNC(=O)COc1cccc(N2CCCC2=O)c1. The zero-order valence-electron chi connectivity index (χ0n) is 13.5. The summed E-state index contributed by atoms with van der Waals surface area (Å²) in [5.74, 6) is 0.560. The van der Waals surface area contributed by atoms with Crippen molar-refractivity contribution in [2.24, 2.45) is 0 Å². The quantitative estimate of drug-likeness (QED) is 0.704. The Kier molecular flexibility index (Phi) is 6.87. The van der Waals surface area contributed by atoms with E-state index in [0.29, 0.717) is 31.9 Å². The van der Waals surface area contributed by atoms with E-state index >= 15 is 0 Å². The van der Waals surface area contributed by atoms with E-state index in [9.17, 15) is 9.59 Å². The van der Waals surface area contributed by atoms with Crippen LogP contribution in [0.5, 0.6) is 5.75 Å². The van der Waals surface area contributed by atoms with E-state index in [1.807, 2.05) is 19.1 Å². The molecule has 6 nitrogen and oxygen atoms in total. The number of rotatable bonds is 9. The molecule has 23 heavy (non-hydrogen) atoms. The molecule has 126 valence electrons. The van der Waals surface area contributed by atoms with Crippen LogP contribution in [0.1, 0.15) is 26.2 Å². The molecule has 6 heteroatoms. The molecule has 1 heterocycles. The molecule has 0 radical (unpaired) electrons. The monoisotopic (exact) mass is 320 g/mol. The molecule has 0 saturated carbocycles. The molecule has 0 atom stereocenters. The molecule has 0 aliphatic carbocycles. The Bertz CT molecular complexity index is 533. The van der Waals surface area contributed by atoms with Gasteiger partial charge >= 0.3 is 0 Å². The summed E-state index contributed by atoms with van der Waals surface area (Å²) in [6.07, 6.45) is 2.26. The van der Waals surface area contributed by atoms with Crippen molar-refractivity contribution < 1.29 is 19.1 Å². The van der Waals surface area contributed by atoms with E-state index < -0.39 is 0 Å². The maximum atomic E-state index is 11.8. The smallest absolute Gasteiger partial charge is 0.257 e. The lowest BCUT2D eigenvalue weighted by atomic mass is 10.3. The largest absolute Gasteiger partial charge is 0.484 e. The lowest BCUT2D eigenvalue weighted by Crippen LogP contribution is -2.30. The highest BCUT2D eigenvalue weighted by Crippen LogP contribution is 2.25. The van der Waals surface area contributed by atoms with E-state index in [2.05, 4.69) is 5.32 Å². The number of amides is 2. The second-order valence-electron chi connectivity index (χ2n) is 5.34. The van der Waals surface area contributed by atoms with Crippen molar-refractivity contribution in [3.8, 4) is 5.75 Å². The molecule has 1 saturated heterocycles. The number of carbonyl (C=O) groups excluding carboxylic acids is 2. The fourth-order valence-corrected chi connectivity index (χ4v) is 2.41. The molecule has 1 fully saturated rings. The minimum absolute atomic E-state index is 0.0357. The Morgan fingerprint density at radius 3 is 3.00 bits per heavy atom. The van der Waals surface area contributed by atoms with Crippen molar-refractivity contribution in [1.82, 2.24) is 5.32 Å². The van der Waals surface area contributed by atoms with Crippen LogP contribution < -0.4 is 15.0 Å². The van der Waals surface area contributed by atoms with Gasteiger partial charge in [-0.25, -0.2) is 0 Å². The number of hydrogen-bond donors (Lipinski definition) is 1. The summed E-state index contributed by atoms with van der Waals surface area (Å²) in [4.78, 5) is 25.2. The second-order valence-corrected chi connectivity index (χ2v) is 5.34. The van der Waals surface area contributed by atoms with Crippen LogP contribution in [0.4, 0.5) is 5.69 Å². The van der Waals surface area contributed by atoms with Crippen LogP contribution in [0.3, 0.4) is 0 Å². The third-order valence-corrected chi connectivity index (χ3v) is 3.56. The van der Waals surface area contributed by atoms with Crippen molar-refractivity contribution in [3.63, 3.8) is 0 Å². The van der Waals surface area contributed by atoms with Gasteiger partial charge in [0.1, 0.15) is 5.75 Å². The second kappa shape index (κ2) is 9.15. The summed E-state index contributed by atoms with van der Waals surface area (Å²) in [5, 5.41) is 2.78. The Morgan fingerprint density at radius 1 is 1.39 bits per heavy atom. The molecule has 1 aromatic rings. The first kappa shape index (κ1) is 17.3. The van der Waals surface area contributed by atoms with E-state index in [1.54, 1.807) is 17.0 Å². The third-order valence-electron chi connectivity index (χ3n) is 3.56. The Balaban J connectivity index is 1.75. The highest BCUT2D eigenvalue weighted by atomic mass is 16.5. The van der Waals surface area contributed by atoms with Gasteiger partial charge in [0, 0.05) is 44.5 Å². The van der Waals surface area contributed by atoms with Gasteiger partial charge in [0.15, 0.2) is 6.61 Å². The van der Waals surface area contributed by atoms with Gasteiger partial charge < -0.3 is 19.7 Å². The summed E-state index contributed by atoms with van der Waals surface area (Å²) in [5.41, 5.74) is 0.821. The minimum atomic E-state index is -0.163. The average molecular weight is 320 g/mol. The first-order valence-corrected chi connectivity index (χ1v) is 8.08. The van der Waals surface area contributed by atoms with Crippen LogP contribution in [-0.4, -0.2) is 44.7 Å². The molecule has 1 aromatic carbocycles. The summed E-state index contributed by atoms with van der Waals surface area (Å²) in [6.45, 7) is 4.55. The van der Waals surface area contributed by atoms with Crippen LogP contribution in [-0.2, 0) is 14.3 Å². The highest BCUT2D eigenvalue weighted by Gasteiger charge is 2.21. The topological polar surface area (TPSA) is 67.9 Å². The Labute approximate surface area is 136 Å². The predicted octanol–water partition coefficient (Wildman–Crippen LogP) is 1.73. The van der Waals surface area contributed by atoms with Gasteiger partial charge in [0.05, 0.1) is 0 Å². The standard InChI is InChI=1S/C17H24N2O4/c1-2-22-11-5-9-18-16(20)13-23-15-7-3-6-14(12-15)19-10-4-8-17(19)21/h3,6-7,12H,2,4-5,8-11,13H2,1H3,(H,18,20). The lowest BCUT2D eigenvalue weighted by molar-refractivity contribution is -0.123. The molecule has 0 aromatic heterocycles. The van der Waals surface area contributed by atoms with Crippen molar-refractivity contribution in [2.45, 2.75) is 26.2 Å². The van der Waals surface area contributed by atoms with Crippen molar-refractivity contribution in [1.29, 1.82) is 0 Å². The highest BCUT2D eigenvalue weighted by molar-refractivity contribution is 5.95. The van der Waals surface area contributed by atoms with Crippen LogP contribution in [0.25, 0.3) is 0 Å². The van der Waals surface area contributed by atoms with Gasteiger partial charge in [-0.1, -0.05) is 6.07 Å². The molecule has 2 rings (SSSR count). The molecular formula is C17H24N2O4. The number of carbonyl (C=O) groups is 2. The molecule has 0 unspecified atom stereocenters.